The molecule has 124 valence electrons. The van der Waals surface area contributed by atoms with Gasteiger partial charge in [-0.3, -0.25) is 9.59 Å². The second-order valence-electron chi connectivity index (χ2n) is 6.15. The van der Waals surface area contributed by atoms with Gasteiger partial charge in [0.05, 0.1) is 13.2 Å². The predicted octanol–water partition coefficient (Wildman–Crippen LogP) is 1.12. The van der Waals surface area contributed by atoms with E-state index in [0.717, 1.165) is 24.1 Å². The molecule has 23 heavy (non-hydrogen) atoms. The SMILES string of the molecule is CC(=O)N(Cc1ccc(NC(=O)C2COCCN2)cc1)C1CC1. The molecule has 0 bridgehead atoms. The Balaban J connectivity index is 1.56. The average Bonchev–Trinajstić information content (AvgIpc) is 3.39. The zero-order chi connectivity index (χ0) is 16.2. The summed E-state index contributed by atoms with van der Waals surface area (Å²) in [5, 5.41) is 6.02. The smallest absolute Gasteiger partial charge is 0.243 e. The van der Waals surface area contributed by atoms with Crippen LogP contribution in [0, 0.1) is 0 Å². The standard InChI is InChI=1S/C17H23N3O3/c1-12(21)20(15-6-7-15)10-13-2-4-14(5-3-13)19-17(22)16-11-23-9-8-18-16/h2-5,15-16,18H,6-11H2,1H3,(H,19,22). The third-order valence-corrected chi connectivity index (χ3v) is 4.20. The lowest BCUT2D eigenvalue weighted by Crippen LogP contribution is -2.48. The number of carbonyl (C=O) groups is 2. The first-order chi connectivity index (χ1) is 11.1. The van der Waals surface area contributed by atoms with E-state index in [-0.39, 0.29) is 17.9 Å². The van der Waals surface area contributed by atoms with Crippen molar-refractivity contribution in [1.29, 1.82) is 0 Å². The van der Waals surface area contributed by atoms with Gasteiger partial charge in [0.1, 0.15) is 6.04 Å². The average molecular weight is 317 g/mol. The van der Waals surface area contributed by atoms with Crippen molar-refractivity contribution in [3.05, 3.63) is 29.8 Å². The van der Waals surface area contributed by atoms with Crippen LogP contribution in [-0.2, 0) is 20.9 Å². The fourth-order valence-corrected chi connectivity index (χ4v) is 2.74. The number of carbonyl (C=O) groups excluding carboxylic acids is 2. The number of anilines is 1. The number of morpholine rings is 1. The van der Waals surface area contributed by atoms with E-state index in [2.05, 4.69) is 10.6 Å². The van der Waals surface area contributed by atoms with Crippen LogP contribution >= 0.6 is 0 Å². The van der Waals surface area contributed by atoms with Crippen LogP contribution in [0.4, 0.5) is 5.69 Å². The minimum atomic E-state index is -0.300. The molecule has 3 rings (SSSR count). The summed E-state index contributed by atoms with van der Waals surface area (Å²) < 4.78 is 5.29. The zero-order valence-electron chi connectivity index (χ0n) is 13.4. The molecule has 1 saturated heterocycles. The van der Waals surface area contributed by atoms with Crippen molar-refractivity contribution in [2.24, 2.45) is 0 Å². The van der Waals surface area contributed by atoms with Crippen molar-refractivity contribution in [1.82, 2.24) is 10.2 Å². The minimum Gasteiger partial charge on any atom is -0.378 e. The van der Waals surface area contributed by atoms with Gasteiger partial charge in [-0.25, -0.2) is 0 Å². The number of amides is 2. The molecule has 2 aliphatic rings. The van der Waals surface area contributed by atoms with E-state index in [1.807, 2.05) is 29.2 Å². The molecule has 1 aliphatic carbocycles. The fraction of sp³-hybridized carbons (Fsp3) is 0.529. The van der Waals surface area contributed by atoms with Gasteiger partial charge in [-0.15, -0.1) is 0 Å². The summed E-state index contributed by atoms with van der Waals surface area (Å²) in [6.07, 6.45) is 2.20. The molecule has 1 saturated carbocycles. The normalized spacial score (nSPS) is 20.8. The fourth-order valence-electron chi connectivity index (χ4n) is 2.74. The maximum Gasteiger partial charge on any atom is 0.243 e. The maximum absolute atomic E-state index is 12.1. The first-order valence-electron chi connectivity index (χ1n) is 8.11. The molecule has 0 aromatic heterocycles. The van der Waals surface area contributed by atoms with Gasteiger partial charge in [-0.05, 0) is 30.5 Å². The molecule has 2 amide bonds. The Labute approximate surface area is 136 Å². The zero-order valence-corrected chi connectivity index (χ0v) is 13.4. The molecular weight excluding hydrogens is 294 g/mol. The molecule has 6 nitrogen and oxygen atoms in total. The van der Waals surface area contributed by atoms with Crippen LogP contribution in [0.25, 0.3) is 0 Å². The van der Waals surface area contributed by atoms with Crippen LogP contribution in [0.1, 0.15) is 25.3 Å². The van der Waals surface area contributed by atoms with Gasteiger partial charge in [0.15, 0.2) is 0 Å². The van der Waals surface area contributed by atoms with Gasteiger partial charge >= 0.3 is 0 Å². The van der Waals surface area contributed by atoms with E-state index in [9.17, 15) is 9.59 Å². The Morgan fingerprint density at radius 1 is 1.30 bits per heavy atom. The van der Waals surface area contributed by atoms with Gasteiger partial charge in [0, 0.05) is 31.7 Å². The summed E-state index contributed by atoms with van der Waals surface area (Å²) in [7, 11) is 0. The van der Waals surface area contributed by atoms with Crippen LogP contribution in [0.5, 0.6) is 0 Å². The first kappa shape index (κ1) is 16.0. The molecule has 2 fully saturated rings. The summed E-state index contributed by atoms with van der Waals surface area (Å²) in [5.74, 6) is 0.0362. The molecule has 1 aromatic carbocycles. The highest BCUT2D eigenvalue weighted by molar-refractivity contribution is 5.95. The Morgan fingerprint density at radius 2 is 2.04 bits per heavy atom. The number of hydrogen-bond donors (Lipinski definition) is 2. The van der Waals surface area contributed by atoms with E-state index in [1.165, 1.54) is 0 Å². The summed E-state index contributed by atoms with van der Waals surface area (Å²) in [5.41, 5.74) is 1.83. The topological polar surface area (TPSA) is 70.7 Å². The number of hydrogen-bond acceptors (Lipinski definition) is 4. The van der Waals surface area contributed by atoms with Gasteiger partial charge in [0.2, 0.25) is 11.8 Å². The second-order valence-corrected chi connectivity index (χ2v) is 6.15. The van der Waals surface area contributed by atoms with E-state index in [0.29, 0.717) is 32.3 Å². The molecule has 1 heterocycles. The molecule has 0 spiro atoms. The van der Waals surface area contributed by atoms with Crippen molar-refractivity contribution in [2.45, 2.75) is 38.4 Å². The third kappa shape index (κ3) is 4.30. The lowest BCUT2D eigenvalue weighted by molar-refractivity contribution is -0.130. The number of benzene rings is 1. The molecule has 6 heteroatoms. The van der Waals surface area contributed by atoms with E-state index >= 15 is 0 Å². The van der Waals surface area contributed by atoms with Crippen molar-refractivity contribution in [2.75, 3.05) is 25.1 Å². The Hall–Kier alpha value is -1.92. The monoisotopic (exact) mass is 317 g/mol. The van der Waals surface area contributed by atoms with Crippen LogP contribution < -0.4 is 10.6 Å². The summed E-state index contributed by atoms with van der Waals surface area (Å²) >= 11 is 0. The number of ether oxygens (including phenoxy) is 1. The first-order valence-corrected chi connectivity index (χ1v) is 8.11. The van der Waals surface area contributed by atoms with Crippen LogP contribution in [0.3, 0.4) is 0 Å². The van der Waals surface area contributed by atoms with E-state index in [4.69, 9.17) is 4.74 Å². The van der Waals surface area contributed by atoms with E-state index < -0.39 is 0 Å². The molecular formula is C17H23N3O3. The highest BCUT2D eigenvalue weighted by atomic mass is 16.5. The maximum atomic E-state index is 12.1. The van der Waals surface area contributed by atoms with Gasteiger partial charge in [-0.1, -0.05) is 12.1 Å². The lowest BCUT2D eigenvalue weighted by Gasteiger charge is -2.23. The van der Waals surface area contributed by atoms with Crippen molar-refractivity contribution < 1.29 is 14.3 Å². The quantitative estimate of drug-likeness (QED) is 0.854. The number of rotatable bonds is 5. The minimum absolute atomic E-state index is 0.0826. The lowest BCUT2D eigenvalue weighted by atomic mass is 10.1. The highest BCUT2D eigenvalue weighted by Gasteiger charge is 2.30. The number of nitrogens with one attached hydrogen (secondary N) is 2. The third-order valence-electron chi connectivity index (χ3n) is 4.20. The molecule has 1 aliphatic heterocycles. The molecule has 1 atom stereocenters. The van der Waals surface area contributed by atoms with Crippen LogP contribution in [0.2, 0.25) is 0 Å². The van der Waals surface area contributed by atoms with Crippen molar-refractivity contribution in [3.8, 4) is 0 Å². The van der Waals surface area contributed by atoms with E-state index in [1.54, 1.807) is 6.92 Å². The second kappa shape index (κ2) is 7.10. The Morgan fingerprint density at radius 3 is 2.61 bits per heavy atom. The van der Waals surface area contributed by atoms with Gasteiger partial charge < -0.3 is 20.3 Å². The van der Waals surface area contributed by atoms with Gasteiger partial charge in [0.25, 0.3) is 0 Å². The van der Waals surface area contributed by atoms with Crippen LogP contribution in [0.15, 0.2) is 24.3 Å². The molecule has 2 N–H and O–H groups in total. The molecule has 0 radical (unpaired) electrons. The summed E-state index contributed by atoms with van der Waals surface area (Å²) in [6, 6.07) is 7.78. The van der Waals surface area contributed by atoms with Crippen LogP contribution in [-0.4, -0.2) is 48.6 Å². The number of nitrogens with zero attached hydrogens (tertiary/aromatic N) is 1. The Kier molecular flexibility index (Phi) is 4.93. The predicted molar refractivity (Wildman–Crippen MR) is 86.9 cm³/mol. The molecule has 1 aromatic rings. The van der Waals surface area contributed by atoms with Crippen molar-refractivity contribution >= 4 is 17.5 Å². The summed E-state index contributed by atoms with van der Waals surface area (Å²) in [4.78, 5) is 25.7. The van der Waals surface area contributed by atoms with Gasteiger partial charge in [-0.2, -0.15) is 0 Å². The highest BCUT2D eigenvalue weighted by Crippen LogP contribution is 2.28. The molecule has 1 unspecified atom stereocenters. The largest absolute Gasteiger partial charge is 0.378 e. The van der Waals surface area contributed by atoms with Crippen molar-refractivity contribution in [3.63, 3.8) is 0 Å². The summed E-state index contributed by atoms with van der Waals surface area (Å²) in [6.45, 7) is 3.99. The Bertz CT molecular complexity index is 563.